The molecule has 2 N–H and O–H groups in total. The van der Waals surface area contributed by atoms with E-state index in [0.29, 0.717) is 0 Å². The number of benzene rings is 2. The third-order valence-corrected chi connectivity index (χ3v) is 6.44. The van der Waals surface area contributed by atoms with Gasteiger partial charge in [0.05, 0.1) is 13.1 Å². The van der Waals surface area contributed by atoms with Crippen molar-refractivity contribution in [1.82, 2.24) is 4.57 Å². The summed E-state index contributed by atoms with van der Waals surface area (Å²) < 4.78 is 4.65. The molecule has 32 heavy (non-hydrogen) atoms. The van der Waals surface area contributed by atoms with Crippen molar-refractivity contribution in [3.63, 3.8) is 0 Å². The fraction of sp³-hybridized carbons (Fsp3) is 0.536. The minimum Gasteiger partial charge on any atom is -1.00 e. The Morgan fingerprint density at radius 2 is 1.31 bits per heavy atom. The summed E-state index contributed by atoms with van der Waals surface area (Å²) in [5.41, 5.74) is 10.6. The molecule has 3 rings (SSSR count). The minimum absolute atomic E-state index is 0. The lowest BCUT2D eigenvalue weighted by Gasteiger charge is -2.04. The van der Waals surface area contributed by atoms with Crippen LogP contribution >= 0.6 is 0 Å². The molecule has 0 bridgehead atoms. The zero-order chi connectivity index (χ0) is 21.7. The van der Waals surface area contributed by atoms with Crippen LogP contribution in [0.4, 0.5) is 5.95 Å². The number of halogens is 1. The van der Waals surface area contributed by atoms with Crippen molar-refractivity contribution in [2.75, 3.05) is 5.73 Å². The van der Waals surface area contributed by atoms with Crippen LogP contribution in [0.2, 0.25) is 0 Å². The second kappa shape index (κ2) is 15.1. The Labute approximate surface area is 205 Å². The molecule has 1 heterocycles. The molecule has 4 heteroatoms. The van der Waals surface area contributed by atoms with Crippen LogP contribution in [-0.4, -0.2) is 4.57 Å². The molecule has 0 aliphatic heterocycles. The summed E-state index contributed by atoms with van der Waals surface area (Å²) in [5.74, 6) is 0.908. The van der Waals surface area contributed by atoms with Crippen molar-refractivity contribution in [1.29, 1.82) is 0 Å². The van der Waals surface area contributed by atoms with E-state index in [4.69, 9.17) is 5.73 Å². The molecule has 0 amide bonds. The van der Waals surface area contributed by atoms with E-state index in [1.54, 1.807) is 0 Å². The topological polar surface area (TPSA) is 34.8 Å². The predicted octanol–water partition coefficient (Wildman–Crippen LogP) is 4.07. The maximum absolute atomic E-state index is 6.64. The van der Waals surface area contributed by atoms with Gasteiger partial charge in [-0.15, -0.1) is 0 Å². The Hall–Kier alpha value is -1.81. The van der Waals surface area contributed by atoms with E-state index in [9.17, 15) is 0 Å². The number of imidazole rings is 1. The van der Waals surface area contributed by atoms with Gasteiger partial charge in [-0.2, -0.15) is 0 Å². The lowest BCUT2D eigenvalue weighted by atomic mass is 10.1. The number of rotatable bonds is 15. The second-order valence-electron chi connectivity index (χ2n) is 8.92. The highest BCUT2D eigenvalue weighted by Gasteiger charge is 2.19. The Kier molecular flexibility index (Phi) is 12.5. The number of fused-ring (bicyclic) bond motifs is 1. The standard InChI is InChI=1S/C28H41N3.BrH/c1-2-3-4-5-6-7-8-9-10-16-23-30-26-21-14-15-22-27(26)31(28(30)29)24-17-20-25-18-12-11-13-19-25;/h11-15,18-19,21-22,29H,2-10,16-17,20,23-24H2,1H3;1H. The largest absolute Gasteiger partial charge is 1.00 e. The van der Waals surface area contributed by atoms with Gasteiger partial charge in [0.2, 0.25) is 0 Å². The van der Waals surface area contributed by atoms with Gasteiger partial charge in [0.1, 0.15) is 11.0 Å². The zero-order valence-corrected chi connectivity index (χ0v) is 21.5. The van der Waals surface area contributed by atoms with E-state index >= 15 is 0 Å². The smallest absolute Gasteiger partial charge is 0.356 e. The molecular formula is C28H42BrN3. The van der Waals surface area contributed by atoms with Gasteiger partial charge >= 0.3 is 5.95 Å². The van der Waals surface area contributed by atoms with Crippen molar-refractivity contribution < 1.29 is 21.5 Å². The maximum atomic E-state index is 6.64. The summed E-state index contributed by atoms with van der Waals surface area (Å²) in [5, 5.41) is 0. The van der Waals surface area contributed by atoms with Crippen molar-refractivity contribution in [3.8, 4) is 0 Å². The molecule has 0 saturated carbocycles. The van der Waals surface area contributed by atoms with Crippen molar-refractivity contribution in [3.05, 3.63) is 60.2 Å². The normalized spacial score (nSPS) is 11.0. The molecule has 0 atom stereocenters. The fourth-order valence-corrected chi connectivity index (χ4v) is 4.63. The van der Waals surface area contributed by atoms with Crippen LogP contribution in [-0.2, 0) is 19.5 Å². The number of nitrogens with two attached hydrogens (primary N) is 1. The van der Waals surface area contributed by atoms with Crippen LogP contribution in [0.25, 0.3) is 11.0 Å². The molecule has 1 aromatic heterocycles. The van der Waals surface area contributed by atoms with E-state index in [-0.39, 0.29) is 17.0 Å². The molecule has 0 saturated heterocycles. The number of unbranched alkanes of at least 4 members (excludes halogenated alkanes) is 9. The lowest BCUT2D eigenvalue weighted by Crippen LogP contribution is -3.00. The highest BCUT2D eigenvalue weighted by molar-refractivity contribution is 5.73. The highest BCUT2D eigenvalue weighted by atomic mass is 79.9. The summed E-state index contributed by atoms with van der Waals surface area (Å²) in [6, 6.07) is 19.4. The average molecular weight is 501 g/mol. The summed E-state index contributed by atoms with van der Waals surface area (Å²) in [6.07, 6.45) is 15.8. The number of hydrogen-bond donors (Lipinski definition) is 1. The van der Waals surface area contributed by atoms with Crippen LogP contribution in [0.5, 0.6) is 0 Å². The third-order valence-electron chi connectivity index (χ3n) is 6.44. The van der Waals surface area contributed by atoms with Gasteiger partial charge in [0.15, 0.2) is 0 Å². The van der Waals surface area contributed by atoms with Gasteiger partial charge in [-0.25, -0.2) is 9.13 Å². The van der Waals surface area contributed by atoms with Crippen LogP contribution in [0.15, 0.2) is 54.6 Å². The van der Waals surface area contributed by atoms with Crippen molar-refractivity contribution >= 4 is 17.0 Å². The quantitative estimate of drug-likeness (QED) is 0.248. The Morgan fingerprint density at radius 1 is 0.719 bits per heavy atom. The van der Waals surface area contributed by atoms with Crippen molar-refractivity contribution in [2.24, 2.45) is 0 Å². The Bertz CT molecular complexity index is 888. The Morgan fingerprint density at radius 3 is 2.00 bits per heavy atom. The number of nitrogens with zero attached hydrogens (tertiary/aromatic N) is 2. The van der Waals surface area contributed by atoms with Gasteiger partial charge < -0.3 is 17.0 Å². The molecule has 0 radical (unpaired) electrons. The molecule has 3 nitrogen and oxygen atoms in total. The highest BCUT2D eigenvalue weighted by Crippen LogP contribution is 2.18. The first-order valence-corrected chi connectivity index (χ1v) is 12.6. The van der Waals surface area contributed by atoms with Crippen molar-refractivity contribution in [2.45, 2.75) is 97.1 Å². The summed E-state index contributed by atoms with van der Waals surface area (Å²) >= 11 is 0. The molecule has 0 aliphatic rings. The SMILES string of the molecule is CCCCCCCCCCCCn1c(N)[n+](CCCc2ccccc2)c2ccccc21.[Br-]. The van der Waals surface area contributed by atoms with Crippen LogP contribution in [0, 0.1) is 0 Å². The van der Waals surface area contributed by atoms with Gasteiger partial charge in [0.25, 0.3) is 0 Å². The number of aromatic nitrogens is 2. The van der Waals surface area contributed by atoms with Gasteiger partial charge in [0, 0.05) is 0 Å². The van der Waals surface area contributed by atoms with Gasteiger partial charge in [-0.3, -0.25) is 5.73 Å². The second-order valence-corrected chi connectivity index (χ2v) is 8.92. The molecule has 0 fully saturated rings. The first-order chi connectivity index (χ1) is 15.3. The molecule has 3 aromatic rings. The first-order valence-electron chi connectivity index (χ1n) is 12.6. The van der Waals surface area contributed by atoms with Gasteiger partial charge in [-0.1, -0.05) is 107 Å². The third kappa shape index (κ3) is 7.95. The predicted molar refractivity (Wildman–Crippen MR) is 133 cm³/mol. The van der Waals surface area contributed by atoms with E-state index in [0.717, 1.165) is 31.9 Å². The van der Waals surface area contributed by atoms with Crippen LogP contribution in [0.3, 0.4) is 0 Å². The zero-order valence-electron chi connectivity index (χ0n) is 19.9. The summed E-state index contributed by atoms with van der Waals surface area (Å²) in [7, 11) is 0. The van der Waals surface area contributed by atoms with Crippen LogP contribution < -0.4 is 27.3 Å². The van der Waals surface area contributed by atoms with E-state index in [1.807, 2.05) is 0 Å². The average Bonchev–Trinajstić information content (AvgIpc) is 3.07. The Balaban J connectivity index is 0.00000363. The minimum atomic E-state index is 0. The number of hydrogen-bond acceptors (Lipinski definition) is 1. The number of aryl methyl sites for hydroxylation is 3. The fourth-order valence-electron chi connectivity index (χ4n) is 4.63. The molecular weight excluding hydrogens is 458 g/mol. The monoisotopic (exact) mass is 499 g/mol. The van der Waals surface area contributed by atoms with E-state index in [1.165, 1.54) is 80.8 Å². The number of nitrogen functional groups attached to an aromatic ring is 1. The molecule has 176 valence electrons. The maximum Gasteiger partial charge on any atom is 0.356 e. The number of para-hydroxylation sites is 2. The van der Waals surface area contributed by atoms with E-state index in [2.05, 4.69) is 70.7 Å². The summed E-state index contributed by atoms with van der Waals surface area (Å²) in [4.78, 5) is 0. The van der Waals surface area contributed by atoms with Gasteiger partial charge in [-0.05, 0) is 37.0 Å². The molecule has 0 spiro atoms. The first kappa shape index (κ1) is 26.4. The molecule has 0 aliphatic carbocycles. The molecule has 2 aromatic carbocycles. The van der Waals surface area contributed by atoms with E-state index < -0.39 is 0 Å². The van der Waals surface area contributed by atoms with Crippen LogP contribution in [0.1, 0.15) is 83.1 Å². The molecule has 0 unspecified atom stereocenters. The lowest BCUT2D eigenvalue weighted by molar-refractivity contribution is -0.657. The summed E-state index contributed by atoms with van der Waals surface area (Å²) in [6.45, 7) is 4.27. The number of anilines is 1.